The van der Waals surface area contributed by atoms with Crippen LogP contribution in [0.2, 0.25) is 0 Å². The Morgan fingerprint density at radius 1 is 1.20 bits per heavy atom. The highest BCUT2D eigenvalue weighted by atomic mass is 32.2. The molecule has 1 rings (SSSR count). The third-order valence-electron chi connectivity index (χ3n) is 2.70. The summed E-state index contributed by atoms with van der Waals surface area (Å²) in [6, 6.07) is 5.85. The Morgan fingerprint density at radius 2 is 1.70 bits per heavy atom. The molecule has 1 aromatic rings. The first-order valence-electron chi connectivity index (χ1n) is 6.14. The van der Waals surface area contributed by atoms with Crippen molar-refractivity contribution in [1.29, 1.82) is 0 Å². The lowest BCUT2D eigenvalue weighted by molar-refractivity contribution is -0.119. The summed E-state index contributed by atoms with van der Waals surface area (Å²) in [7, 11) is -3.42. The number of nitrogens with two attached hydrogens (primary N) is 1. The highest BCUT2D eigenvalue weighted by Gasteiger charge is 2.27. The smallest absolute Gasteiger partial charge is 0.241 e. The van der Waals surface area contributed by atoms with Gasteiger partial charge in [-0.2, -0.15) is 0 Å². The quantitative estimate of drug-likeness (QED) is 0.781. The van der Waals surface area contributed by atoms with Gasteiger partial charge in [0, 0.05) is 0 Å². The fourth-order valence-corrected chi connectivity index (χ4v) is 2.06. The van der Waals surface area contributed by atoms with E-state index in [0.29, 0.717) is 11.4 Å². The first-order valence-corrected chi connectivity index (χ1v) is 8.03. The van der Waals surface area contributed by atoms with Crippen molar-refractivity contribution in [2.75, 3.05) is 16.3 Å². The normalized spacial score (nSPS) is 13.7. The van der Waals surface area contributed by atoms with E-state index in [1.54, 1.807) is 24.3 Å². The molecule has 0 unspecified atom stereocenters. The Hall–Kier alpha value is -1.60. The zero-order valence-electron chi connectivity index (χ0n) is 12.1. The molecule has 0 saturated carbocycles. The zero-order chi connectivity index (χ0) is 15.6. The molecular formula is C13H21N3O3S. The van der Waals surface area contributed by atoms with Crippen LogP contribution in [0.4, 0.5) is 11.4 Å². The van der Waals surface area contributed by atoms with Crippen LogP contribution in [0.15, 0.2) is 24.3 Å². The largest absolute Gasteiger partial charge is 0.323 e. The van der Waals surface area contributed by atoms with Gasteiger partial charge in [0.15, 0.2) is 0 Å². The topological polar surface area (TPSA) is 101 Å². The molecule has 20 heavy (non-hydrogen) atoms. The molecule has 0 fully saturated rings. The molecule has 6 nitrogen and oxygen atoms in total. The number of nitrogens with one attached hydrogen (secondary N) is 2. The maximum atomic E-state index is 12.1. The molecular weight excluding hydrogens is 278 g/mol. The highest BCUT2D eigenvalue weighted by molar-refractivity contribution is 7.92. The van der Waals surface area contributed by atoms with Crippen LogP contribution in [0, 0.1) is 5.41 Å². The van der Waals surface area contributed by atoms with Crippen molar-refractivity contribution in [3.8, 4) is 0 Å². The lowest BCUT2D eigenvalue weighted by atomic mass is 9.87. The van der Waals surface area contributed by atoms with E-state index in [0.717, 1.165) is 6.26 Å². The van der Waals surface area contributed by atoms with Crippen LogP contribution in [-0.2, 0) is 14.8 Å². The second kappa shape index (κ2) is 5.80. The van der Waals surface area contributed by atoms with Gasteiger partial charge in [0.05, 0.1) is 23.7 Å². The standard InChI is InChI=1S/C13H21N3O3S/c1-13(2,3)11(14)12(17)15-9-7-5-6-8-10(9)16-20(4,18)19/h5-8,11,16H,14H2,1-4H3,(H,15,17)/t11-/m0/s1. The van der Waals surface area contributed by atoms with Gasteiger partial charge in [-0.25, -0.2) is 8.42 Å². The first-order chi connectivity index (χ1) is 9.00. The first kappa shape index (κ1) is 16.5. The summed E-state index contributed by atoms with van der Waals surface area (Å²) >= 11 is 0. The molecule has 0 heterocycles. The Bertz CT molecular complexity index is 591. The van der Waals surface area contributed by atoms with Crippen LogP contribution in [-0.4, -0.2) is 26.6 Å². The molecule has 1 atom stereocenters. The summed E-state index contributed by atoms with van der Waals surface area (Å²) < 4.78 is 24.9. The molecule has 0 spiro atoms. The number of carbonyl (C=O) groups is 1. The Morgan fingerprint density at radius 3 is 2.15 bits per heavy atom. The SMILES string of the molecule is CC(C)(C)[C@@H](N)C(=O)Nc1ccccc1NS(C)(=O)=O. The summed E-state index contributed by atoms with van der Waals surface area (Å²) in [5, 5.41) is 2.65. The lowest BCUT2D eigenvalue weighted by Gasteiger charge is -2.26. The average Bonchev–Trinajstić information content (AvgIpc) is 2.27. The number of hydrogen-bond donors (Lipinski definition) is 3. The van der Waals surface area contributed by atoms with E-state index in [1.165, 1.54) is 0 Å². The summed E-state index contributed by atoms with van der Waals surface area (Å²) in [6.07, 6.45) is 1.05. The van der Waals surface area contributed by atoms with Crippen LogP contribution in [0.1, 0.15) is 20.8 Å². The van der Waals surface area contributed by atoms with E-state index in [4.69, 9.17) is 5.73 Å². The summed E-state index contributed by atoms with van der Waals surface area (Å²) in [6.45, 7) is 5.58. The van der Waals surface area contributed by atoms with Crippen molar-refractivity contribution >= 4 is 27.3 Å². The van der Waals surface area contributed by atoms with Gasteiger partial charge in [0.25, 0.3) is 0 Å². The van der Waals surface area contributed by atoms with E-state index >= 15 is 0 Å². The van der Waals surface area contributed by atoms with Crippen LogP contribution < -0.4 is 15.8 Å². The van der Waals surface area contributed by atoms with E-state index in [-0.39, 0.29) is 11.3 Å². The monoisotopic (exact) mass is 299 g/mol. The Labute approximate surface area is 119 Å². The van der Waals surface area contributed by atoms with Crippen LogP contribution in [0.3, 0.4) is 0 Å². The van der Waals surface area contributed by atoms with Gasteiger partial charge in [0.2, 0.25) is 15.9 Å². The number of sulfonamides is 1. The minimum absolute atomic E-state index is 0.310. The third-order valence-corrected chi connectivity index (χ3v) is 3.29. The van der Waals surface area contributed by atoms with Crippen molar-refractivity contribution in [3.05, 3.63) is 24.3 Å². The second-order valence-electron chi connectivity index (χ2n) is 5.75. The van der Waals surface area contributed by atoms with Crippen LogP contribution in [0.25, 0.3) is 0 Å². The zero-order valence-corrected chi connectivity index (χ0v) is 12.9. The molecule has 0 aromatic heterocycles. The Balaban J connectivity index is 2.96. The number of carbonyl (C=O) groups excluding carboxylic acids is 1. The molecule has 1 aromatic carbocycles. The van der Waals surface area contributed by atoms with Crippen molar-refractivity contribution in [3.63, 3.8) is 0 Å². The van der Waals surface area contributed by atoms with E-state index in [1.807, 2.05) is 20.8 Å². The summed E-state index contributed by atoms with van der Waals surface area (Å²) in [5.74, 6) is -0.361. The van der Waals surface area contributed by atoms with Gasteiger partial charge >= 0.3 is 0 Å². The van der Waals surface area contributed by atoms with Crippen LogP contribution in [0.5, 0.6) is 0 Å². The van der Waals surface area contributed by atoms with E-state index in [2.05, 4.69) is 10.0 Å². The molecule has 0 aliphatic carbocycles. The highest BCUT2D eigenvalue weighted by Crippen LogP contribution is 2.24. The van der Waals surface area contributed by atoms with Crippen molar-refractivity contribution in [1.82, 2.24) is 0 Å². The molecule has 7 heteroatoms. The minimum Gasteiger partial charge on any atom is -0.323 e. The fourth-order valence-electron chi connectivity index (χ4n) is 1.48. The molecule has 0 aliphatic heterocycles. The number of amides is 1. The third kappa shape index (κ3) is 4.82. The minimum atomic E-state index is -3.42. The van der Waals surface area contributed by atoms with Crippen molar-refractivity contribution in [2.45, 2.75) is 26.8 Å². The van der Waals surface area contributed by atoms with Gasteiger partial charge in [-0.05, 0) is 17.5 Å². The second-order valence-corrected chi connectivity index (χ2v) is 7.50. The molecule has 0 saturated heterocycles. The van der Waals surface area contributed by atoms with Gasteiger partial charge in [-0.15, -0.1) is 0 Å². The van der Waals surface area contributed by atoms with E-state index < -0.39 is 16.1 Å². The van der Waals surface area contributed by atoms with Crippen molar-refractivity contribution in [2.24, 2.45) is 11.1 Å². The predicted molar refractivity (Wildman–Crippen MR) is 81.0 cm³/mol. The summed E-state index contributed by atoms with van der Waals surface area (Å²) in [5.41, 5.74) is 6.17. The fraction of sp³-hybridized carbons (Fsp3) is 0.462. The molecule has 0 radical (unpaired) electrons. The van der Waals surface area contributed by atoms with Crippen molar-refractivity contribution < 1.29 is 13.2 Å². The molecule has 0 bridgehead atoms. The maximum absolute atomic E-state index is 12.1. The number of rotatable bonds is 4. The van der Waals surface area contributed by atoms with Gasteiger partial charge in [-0.1, -0.05) is 32.9 Å². The van der Waals surface area contributed by atoms with Gasteiger partial charge in [0.1, 0.15) is 0 Å². The van der Waals surface area contributed by atoms with Gasteiger partial charge < -0.3 is 11.1 Å². The average molecular weight is 299 g/mol. The maximum Gasteiger partial charge on any atom is 0.241 e. The summed E-state index contributed by atoms with van der Waals surface area (Å²) in [4.78, 5) is 12.1. The predicted octanol–water partition coefficient (Wildman–Crippen LogP) is 1.37. The number of hydrogen-bond acceptors (Lipinski definition) is 4. The molecule has 0 aliphatic rings. The molecule has 1 amide bonds. The lowest BCUT2D eigenvalue weighted by Crippen LogP contribution is -2.45. The molecule has 112 valence electrons. The molecule has 4 N–H and O–H groups in total. The van der Waals surface area contributed by atoms with E-state index in [9.17, 15) is 13.2 Å². The number of anilines is 2. The van der Waals surface area contributed by atoms with Crippen LogP contribution >= 0.6 is 0 Å². The number of benzene rings is 1. The van der Waals surface area contributed by atoms with Gasteiger partial charge in [-0.3, -0.25) is 9.52 Å². The number of para-hydroxylation sites is 2. The Kier molecular flexibility index (Phi) is 4.77.